The first-order valence-corrected chi connectivity index (χ1v) is 10.3. The summed E-state index contributed by atoms with van der Waals surface area (Å²) in [6.45, 7) is 1.05. The summed E-state index contributed by atoms with van der Waals surface area (Å²) in [4.78, 5) is 27.4. The maximum Gasteiger partial charge on any atom is 0.274 e. The number of benzene rings is 3. The molecule has 2 amide bonds. The van der Waals surface area contributed by atoms with Gasteiger partial charge in [0.1, 0.15) is 0 Å². The summed E-state index contributed by atoms with van der Waals surface area (Å²) >= 11 is 0. The third-order valence-electron chi connectivity index (χ3n) is 5.52. The zero-order valence-electron chi connectivity index (χ0n) is 17.1. The average Bonchev–Trinajstić information content (AvgIpc) is 3.05. The van der Waals surface area contributed by atoms with Gasteiger partial charge in [0, 0.05) is 24.2 Å². The molecule has 156 valence electrons. The molecule has 5 nitrogen and oxygen atoms in total. The number of rotatable bonds is 4. The number of carbonyl (C=O) groups is 2. The van der Waals surface area contributed by atoms with E-state index in [1.807, 2.05) is 77.7 Å². The van der Waals surface area contributed by atoms with Crippen molar-refractivity contribution >= 4 is 23.5 Å². The van der Waals surface area contributed by atoms with Crippen LogP contribution in [-0.2, 0) is 17.8 Å². The number of hydrogen-bond donors (Lipinski definition) is 2. The third-order valence-corrected chi connectivity index (χ3v) is 5.52. The zero-order valence-corrected chi connectivity index (χ0v) is 17.1. The Hall–Kier alpha value is -3.70. The highest BCUT2D eigenvalue weighted by Gasteiger charge is 2.23. The molecule has 1 heterocycles. The summed E-state index contributed by atoms with van der Waals surface area (Å²) in [6.07, 6.45) is 3.61. The van der Waals surface area contributed by atoms with Gasteiger partial charge in [-0.1, -0.05) is 66.7 Å². The van der Waals surface area contributed by atoms with Crippen molar-refractivity contribution in [1.82, 2.24) is 10.4 Å². The first-order valence-electron chi connectivity index (χ1n) is 10.3. The molecular formula is C26H24N2O3. The highest BCUT2D eigenvalue weighted by Crippen LogP contribution is 2.26. The van der Waals surface area contributed by atoms with Gasteiger partial charge in [0.15, 0.2) is 0 Å². The second-order valence-electron chi connectivity index (χ2n) is 7.59. The van der Waals surface area contributed by atoms with Crippen molar-refractivity contribution in [1.29, 1.82) is 0 Å². The molecule has 0 spiro atoms. The molecule has 1 aliphatic heterocycles. The summed E-state index contributed by atoms with van der Waals surface area (Å²) in [6, 6.07) is 24.9. The minimum Gasteiger partial charge on any atom is -0.334 e. The van der Waals surface area contributed by atoms with Crippen LogP contribution in [0.1, 0.15) is 39.0 Å². The summed E-state index contributed by atoms with van der Waals surface area (Å²) in [7, 11) is 0. The Labute approximate surface area is 181 Å². The van der Waals surface area contributed by atoms with E-state index >= 15 is 0 Å². The number of hydrogen-bond acceptors (Lipinski definition) is 3. The fourth-order valence-electron chi connectivity index (χ4n) is 3.91. The SMILES string of the molecule is O=C(NO)c1ccc2c(c1)CN(C(=O)C(=Cc1ccccc1)c1ccccc1)CCC2. The molecule has 0 aromatic heterocycles. The molecule has 31 heavy (non-hydrogen) atoms. The number of aryl methyl sites for hydroxylation is 1. The Bertz CT molecular complexity index is 1110. The molecule has 0 atom stereocenters. The van der Waals surface area contributed by atoms with E-state index in [1.165, 1.54) is 0 Å². The van der Waals surface area contributed by atoms with Gasteiger partial charge in [0.2, 0.25) is 0 Å². The van der Waals surface area contributed by atoms with Gasteiger partial charge in [0.25, 0.3) is 11.8 Å². The molecule has 0 saturated heterocycles. The van der Waals surface area contributed by atoms with E-state index < -0.39 is 5.91 Å². The number of hydroxylamine groups is 1. The van der Waals surface area contributed by atoms with Crippen molar-refractivity contribution in [3.8, 4) is 0 Å². The van der Waals surface area contributed by atoms with Crippen LogP contribution in [0, 0.1) is 0 Å². The average molecular weight is 412 g/mol. The largest absolute Gasteiger partial charge is 0.334 e. The Morgan fingerprint density at radius 3 is 2.29 bits per heavy atom. The standard InChI is InChI=1S/C26H24N2O3/c29-25(27-31)22-14-13-20-12-7-15-28(18-23(20)17-22)26(30)24(21-10-5-2-6-11-21)16-19-8-3-1-4-9-19/h1-6,8-11,13-14,16-17,31H,7,12,15,18H2,(H,27,29). The van der Waals surface area contributed by atoms with E-state index in [-0.39, 0.29) is 5.91 Å². The van der Waals surface area contributed by atoms with Crippen molar-refractivity contribution < 1.29 is 14.8 Å². The molecule has 3 aromatic rings. The first kappa shape index (κ1) is 20.6. The second kappa shape index (κ2) is 9.41. The molecule has 4 rings (SSSR count). The zero-order chi connectivity index (χ0) is 21.6. The van der Waals surface area contributed by atoms with Crippen molar-refractivity contribution in [2.75, 3.05) is 6.54 Å². The predicted molar refractivity (Wildman–Crippen MR) is 120 cm³/mol. The van der Waals surface area contributed by atoms with Crippen molar-refractivity contribution in [2.45, 2.75) is 19.4 Å². The highest BCUT2D eigenvalue weighted by atomic mass is 16.5. The van der Waals surface area contributed by atoms with Gasteiger partial charge in [0.05, 0.1) is 0 Å². The highest BCUT2D eigenvalue weighted by molar-refractivity contribution is 6.24. The van der Waals surface area contributed by atoms with Gasteiger partial charge in [-0.2, -0.15) is 0 Å². The Kier molecular flexibility index (Phi) is 6.24. The fourth-order valence-corrected chi connectivity index (χ4v) is 3.91. The van der Waals surface area contributed by atoms with Crippen LogP contribution in [-0.4, -0.2) is 28.5 Å². The van der Waals surface area contributed by atoms with Gasteiger partial charge in [-0.15, -0.1) is 0 Å². The van der Waals surface area contributed by atoms with Gasteiger partial charge < -0.3 is 4.90 Å². The van der Waals surface area contributed by atoms with Gasteiger partial charge in [-0.3, -0.25) is 14.8 Å². The number of carbonyl (C=O) groups excluding carboxylic acids is 2. The van der Waals surface area contributed by atoms with Crippen LogP contribution in [0.5, 0.6) is 0 Å². The topological polar surface area (TPSA) is 69.6 Å². The smallest absolute Gasteiger partial charge is 0.274 e. The minimum absolute atomic E-state index is 0.0417. The maximum absolute atomic E-state index is 13.7. The Balaban J connectivity index is 1.69. The summed E-state index contributed by atoms with van der Waals surface area (Å²) in [5.41, 5.74) is 6.58. The second-order valence-corrected chi connectivity index (χ2v) is 7.59. The molecule has 0 aliphatic carbocycles. The van der Waals surface area contributed by atoms with Crippen molar-refractivity contribution in [2.24, 2.45) is 0 Å². The lowest BCUT2D eigenvalue weighted by atomic mass is 10.00. The molecule has 1 aliphatic rings. The van der Waals surface area contributed by atoms with E-state index in [0.717, 1.165) is 35.1 Å². The fraction of sp³-hybridized carbons (Fsp3) is 0.154. The molecular weight excluding hydrogens is 388 g/mol. The summed E-state index contributed by atoms with van der Waals surface area (Å²) in [5.74, 6) is -0.598. The van der Waals surface area contributed by atoms with E-state index in [9.17, 15) is 9.59 Å². The normalized spacial score (nSPS) is 13.8. The number of amides is 2. The molecule has 5 heteroatoms. The van der Waals surface area contributed by atoms with Crippen molar-refractivity contribution in [3.63, 3.8) is 0 Å². The lowest BCUT2D eigenvalue weighted by molar-refractivity contribution is -0.125. The maximum atomic E-state index is 13.7. The van der Waals surface area contributed by atoms with Crippen molar-refractivity contribution in [3.05, 3.63) is 107 Å². The number of fused-ring (bicyclic) bond motifs is 1. The third kappa shape index (κ3) is 4.73. The Morgan fingerprint density at radius 2 is 1.58 bits per heavy atom. The molecule has 2 N–H and O–H groups in total. The van der Waals surface area contributed by atoms with Crippen LogP contribution in [0.15, 0.2) is 78.9 Å². The summed E-state index contributed by atoms with van der Waals surface area (Å²) in [5, 5.41) is 8.96. The molecule has 0 fully saturated rings. The van der Waals surface area contributed by atoms with Crippen LogP contribution in [0.4, 0.5) is 0 Å². The quantitative estimate of drug-likeness (QED) is 0.290. The van der Waals surface area contributed by atoms with Crippen LogP contribution >= 0.6 is 0 Å². The molecule has 0 saturated carbocycles. The first-order chi connectivity index (χ1) is 15.2. The van der Waals surface area contributed by atoms with E-state index in [2.05, 4.69) is 0 Å². The van der Waals surface area contributed by atoms with Crippen LogP contribution < -0.4 is 5.48 Å². The summed E-state index contributed by atoms with van der Waals surface area (Å²) < 4.78 is 0. The Morgan fingerprint density at radius 1 is 0.871 bits per heavy atom. The van der Waals surface area contributed by atoms with E-state index in [1.54, 1.807) is 17.6 Å². The minimum atomic E-state index is -0.557. The van der Waals surface area contributed by atoms with Crippen LogP contribution in [0.2, 0.25) is 0 Å². The van der Waals surface area contributed by atoms with E-state index in [0.29, 0.717) is 24.2 Å². The molecule has 0 bridgehead atoms. The molecule has 3 aromatic carbocycles. The van der Waals surface area contributed by atoms with Crippen LogP contribution in [0.25, 0.3) is 11.6 Å². The predicted octanol–water partition coefficient (Wildman–Crippen LogP) is 4.32. The monoisotopic (exact) mass is 412 g/mol. The number of nitrogens with zero attached hydrogens (tertiary/aromatic N) is 1. The van der Waals surface area contributed by atoms with Gasteiger partial charge in [-0.05, 0) is 53.3 Å². The van der Waals surface area contributed by atoms with E-state index in [4.69, 9.17) is 5.21 Å². The molecule has 0 radical (unpaired) electrons. The van der Waals surface area contributed by atoms with Gasteiger partial charge >= 0.3 is 0 Å². The lowest BCUT2D eigenvalue weighted by Crippen LogP contribution is -2.31. The number of nitrogens with one attached hydrogen (secondary N) is 1. The lowest BCUT2D eigenvalue weighted by Gasteiger charge is -2.23. The van der Waals surface area contributed by atoms with Crippen LogP contribution in [0.3, 0.4) is 0 Å². The molecule has 0 unspecified atom stereocenters. The van der Waals surface area contributed by atoms with Gasteiger partial charge in [-0.25, -0.2) is 5.48 Å².